The maximum atomic E-state index is 5.18. The number of hydrogen-bond donors (Lipinski definition) is 0. The third-order valence-electron chi connectivity index (χ3n) is 1.43. The van der Waals surface area contributed by atoms with Crippen molar-refractivity contribution in [2.45, 2.75) is 19.8 Å². The van der Waals surface area contributed by atoms with E-state index in [2.05, 4.69) is 29.7 Å². The number of nitrogens with zero attached hydrogens (tertiary/aromatic N) is 2. The molecule has 0 unspecified atom stereocenters. The second-order valence-electron chi connectivity index (χ2n) is 2.63. The minimum Gasteiger partial charge on any atom is -0.241 e. The maximum Gasteiger partial charge on any atom is 0.117 e. The van der Waals surface area contributed by atoms with Crippen molar-refractivity contribution in [2.24, 2.45) is 0 Å². The molecule has 1 aromatic heterocycles. The van der Waals surface area contributed by atoms with E-state index in [9.17, 15) is 0 Å². The fourth-order valence-electron chi connectivity index (χ4n) is 0.767. The summed E-state index contributed by atoms with van der Waals surface area (Å²) < 4.78 is 0. The van der Waals surface area contributed by atoms with Gasteiger partial charge in [0.15, 0.2) is 0 Å². The normalized spacial score (nSPS) is 9.64. The zero-order valence-electron chi connectivity index (χ0n) is 6.70. The summed E-state index contributed by atoms with van der Waals surface area (Å²) in [7, 11) is 0. The highest BCUT2D eigenvalue weighted by Crippen LogP contribution is 2.09. The van der Waals surface area contributed by atoms with E-state index in [1.165, 1.54) is 6.33 Å². The van der Waals surface area contributed by atoms with Crippen molar-refractivity contribution in [3.63, 3.8) is 0 Å². The third kappa shape index (κ3) is 1.78. The summed E-state index contributed by atoms with van der Waals surface area (Å²) in [5.74, 6) is 2.88. The first-order valence-electron chi connectivity index (χ1n) is 3.52. The van der Waals surface area contributed by atoms with Crippen LogP contribution in [-0.2, 0) is 0 Å². The first kappa shape index (κ1) is 7.74. The van der Waals surface area contributed by atoms with Crippen LogP contribution in [0.3, 0.4) is 0 Å². The van der Waals surface area contributed by atoms with Crippen molar-refractivity contribution >= 4 is 0 Å². The van der Waals surface area contributed by atoms with Crippen molar-refractivity contribution in [1.29, 1.82) is 0 Å². The fourth-order valence-corrected chi connectivity index (χ4v) is 0.767. The topological polar surface area (TPSA) is 25.8 Å². The Bertz CT molecular complexity index is 284. The molecule has 56 valence electrons. The lowest BCUT2D eigenvalue weighted by molar-refractivity contribution is 0.812. The molecule has 0 fully saturated rings. The van der Waals surface area contributed by atoms with Gasteiger partial charge in [0, 0.05) is 5.69 Å². The number of terminal acetylenes is 1. The van der Waals surface area contributed by atoms with Gasteiger partial charge in [0.25, 0.3) is 0 Å². The van der Waals surface area contributed by atoms with Crippen molar-refractivity contribution in [2.75, 3.05) is 0 Å². The van der Waals surface area contributed by atoms with Crippen LogP contribution in [0.25, 0.3) is 0 Å². The molecule has 1 rings (SSSR count). The molecule has 0 spiro atoms. The van der Waals surface area contributed by atoms with Crippen molar-refractivity contribution in [3.05, 3.63) is 23.8 Å². The third-order valence-corrected chi connectivity index (χ3v) is 1.43. The molecular formula is C9H10N2. The molecule has 0 aromatic carbocycles. The Kier molecular flexibility index (Phi) is 2.22. The Morgan fingerprint density at radius 3 is 2.73 bits per heavy atom. The van der Waals surface area contributed by atoms with Crippen LogP contribution in [0, 0.1) is 12.3 Å². The van der Waals surface area contributed by atoms with Crippen molar-refractivity contribution < 1.29 is 0 Å². The molecule has 0 radical (unpaired) electrons. The lowest BCUT2D eigenvalue weighted by Gasteiger charge is -2.01. The number of aromatic nitrogens is 2. The highest BCUT2D eigenvalue weighted by Gasteiger charge is 2.00. The van der Waals surface area contributed by atoms with Crippen LogP contribution in [0.4, 0.5) is 0 Å². The molecule has 0 atom stereocenters. The first-order valence-corrected chi connectivity index (χ1v) is 3.52. The molecule has 0 amide bonds. The van der Waals surface area contributed by atoms with E-state index >= 15 is 0 Å². The molecule has 11 heavy (non-hydrogen) atoms. The summed E-state index contributed by atoms with van der Waals surface area (Å²) in [5.41, 5.74) is 1.65. The smallest absolute Gasteiger partial charge is 0.117 e. The quantitative estimate of drug-likeness (QED) is 0.562. The molecule has 0 saturated carbocycles. The van der Waals surface area contributed by atoms with Gasteiger partial charge in [0.2, 0.25) is 0 Å². The van der Waals surface area contributed by atoms with Gasteiger partial charge in [-0.05, 0) is 12.0 Å². The highest BCUT2D eigenvalue weighted by atomic mass is 14.8. The van der Waals surface area contributed by atoms with Gasteiger partial charge in [-0.15, -0.1) is 6.42 Å². The lowest BCUT2D eigenvalue weighted by atomic mass is 10.1. The van der Waals surface area contributed by atoms with Crippen molar-refractivity contribution in [3.8, 4) is 12.3 Å². The molecule has 0 bridgehead atoms. The summed E-state index contributed by atoms with van der Waals surface area (Å²) in [5, 5.41) is 0. The zero-order valence-corrected chi connectivity index (χ0v) is 6.70. The molecule has 0 aliphatic heterocycles. The molecular weight excluding hydrogens is 136 g/mol. The van der Waals surface area contributed by atoms with Gasteiger partial charge in [-0.25, -0.2) is 9.97 Å². The van der Waals surface area contributed by atoms with E-state index < -0.39 is 0 Å². The Hall–Kier alpha value is -1.36. The standard InChI is InChI=1S/C9H10N2/c1-4-8-5-9(7(2)3)11-6-10-8/h1,5-7H,2-3H3. The summed E-state index contributed by atoms with van der Waals surface area (Å²) in [6.07, 6.45) is 6.68. The SMILES string of the molecule is C#Cc1cc(C(C)C)ncn1. The van der Waals surface area contributed by atoms with Crippen LogP contribution in [0.5, 0.6) is 0 Å². The van der Waals surface area contributed by atoms with Crippen LogP contribution in [-0.4, -0.2) is 9.97 Å². The predicted octanol–water partition coefficient (Wildman–Crippen LogP) is 1.58. The first-order chi connectivity index (χ1) is 5.24. The van der Waals surface area contributed by atoms with Gasteiger partial charge in [0.1, 0.15) is 12.0 Å². The molecule has 0 N–H and O–H groups in total. The number of rotatable bonds is 1. The van der Waals surface area contributed by atoms with Crippen LogP contribution < -0.4 is 0 Å². The van der Waals surface area contributed by atoms with Gasteiger partial charge < -0.3 is 0 Å². The van der Waals surface area contributed by atoms with E-state index in [-0.39, 0.29) is 0 Å². The molecule has 2 heteroatoms. The van der Waals surface area contributed by atoms with Crippen LogP contribution >= 0.6 is 0 Å². The van der Waals surface area contributed by atoms with Crippen molar-refractivity contribution in [1.82, 2.24) is 9.97 Å². The van der Waals surface area contributed by atoms with Gasteiger partial charge in [-0.1, -0.05) is 19.8 Å². The van der Waals surface area contributed by atoms with E-state index in [1.807, 2.05) is 6.07 Å². The fraction of sp³-hybridized carbons (Fsp3) is 0.333. The predicted molar refractivity (Wildman–Crippen MR) is 44.1 cm³/mol. The highest BCUT2D eigenvalue weighted by molar-refractivity contribution is 5.25. The zero-order chi connectivity index (χ0) is 8.27. The van der Waals surface area contributed by atoms with Gasteiger partial charge in [0.05, 0.1) is 0 Å². The minimum absolute atomic E-state index is 0.407. The van der Waals surface area contributed by atoms with Gasteiger partial charge in [-0.2, -0.15) is 0 Å². The Balaban J connectivity index is 3.03. The van der Waals surface area contributed by atoms with Gasteiger partial charge >= 0.3 is 0 Å². The van der Waals surface area contributed by atoms with E-state index in [4.69, 9.17) is 6.42 Å². The molecule has 0 aliphatic carbocycles. The average molecular weight is 146 g/mol. The molecule has 0 aliphatic rings. The van der Waals surface area contributed by atoms with Gasteiger partial charge in [-0.3, -0.25) is 0 Å². The second-order valence-corrected chi connectivity index (χ2v) is 2.63. The molecule has 2 nitrogen and oxygen atoms in total. The monoisotopic (exact) mass is 146 g/mol. The summed E-state index contributed by atoms with van der Waals surface area (Å²) >= 11 is 0. The van der Waals surface area contributed by atoms with Crippen LogP contribution in [0.15, 0.2) is 12.4 Å². The van der Waals surface area contributed by atoms with E-state index in [0.29, 0.717) is 11.6 Å². The van der Waals surface area contributed by atoms with Crippen LogP contribution in [0.1, 0.15) is 31.2 Å². The lowest BCUT2D eigenvalue weighted by Crippen LogP contribution is -1.94. The minimum atomic E-state index is 0.407. The Labute approximate surface area is 66.7 Å². The Morgan fingerprint density at radius 2 is 2.18 bits per heavy atom. The second kappa shape index (κ2) is 3.16. The summed E-state index contributed by atoms with van der Waals surface area (Å²) in [6.45, 7) is 4.14. The summed E-state index contributed by atoms with van der Waals surface area (Å²) in [6, 6.07) is 1.84. The van der Waals surface area contributed by atoms with E-state index in [0.717, 1.165) is 5.69 Å². The van der Waals surface area contributed by atoms with E-state index in [1.54, 1.807) is 0 Å². The molecule has 1 aromatic rings. The largest absolute Gasteiger partial charge is 0.241 e. The average Bonchev–Trinajstić information content (AvgIpc) is 2.05. The Morgan fingerprint density at radius 1 is 1.45 bits per heavy atom. The van der Waals surface area contributed by atoms with Crippen LogP contribution in [0.2, 0.25) is 0 Å². The molecule has 1 heterocycles. The maximum absolute atomic E-state index is 5.18. The summed E-state index contributed by atoms with van der Waals surface area (Å²) in [4.78, 5) is 7.97. The number of hydrogen-bond acceptors (Lipinski definition) is 2. The molecule has 0 saturated heterocycles.